The highest BCUT2D eigenvalue weighted by Crippen LogP contribution is 2.34. The molecule has 0 aliphatic carbocycles. The van der Waals surface area contributed by atoms with Gasteiger partial charge in [0.2, 0.25) is 16.0 Å². The van der Waals surface area contributed by atoms with Crippen LogP contribution in [0.4, 0.5) is 5.95 Å². The van der Waals surface area contributed by atoms with E-state index >= 15 is 0 Å². The molecule has 162 valence electrons. The summed E-state index contributed by atoms with van der Waals surface area (Å²) in [6.07, 6.45) is 1.78. The van der Waals surface area contributed by atoms with Gasteiger partial charge in [0.1, 0.15) is 0 Å². The van der Waals surface area contributed by atoms with Crippen LogP contribution in [0.5, 0.6) is 0 Å². The van der Waals surface area contributed by atoms with Crippen LogP contribution in [0.15, 0.2) is 54.9 Å². The van der Waals surface area contributed by atoms with Crippen LogP contribution in [0.1, 0.15) is 13.8 Å². The van der Waals surface area contributed by atoms with Crippen molar-refractivity contribution in [3.63, 3.8) is 0 Å². The number of benzene rings is 2. The molecule has 0 amide bonds. The number of nitrogens with two attached hydrogens (primary N) is 1. The van der Waals surface area contributed by atoms with Gasteiger partial charge in [-0.05, 0) is 26.0 Å². The van der Waals surface area contributed by atoms with E-state index in [1.165, 1.54) is 0 Å². The van der Waals surface area contributed by atoms with Gasteiger partial charge in [-0.3, -0.25) is 0 Å². The molecule has 2 aromatic carbocycles. The molecule has 0 aliphatic rings. The molecule has 0 radical (unpaired) electrons. The maximum Gasteiger partial charge on any atom is 0.244 e. The summed E-state index contributed by atoms with van der Waals surface area (Å²) < 4.78 is 34.3. The fraction of sp³-hybridized carbons (Fsp3) is 0.273. The first-order valence-corrected chi connectivity index (χ1v) is 11.5. The van der Waals surface area contributed by atoms with E-state index in [0.717, 1.165) is 26.5 Å². The fourth-order valence-electron chi connectivity index (χ4n) is 3.55. The molecule has 2 heterocycles. The molecular weight excluding hydrogens is 414 g/mol. The van der Waals surface area contributed by atoms with E-state index in [4.69, 9.17) is 10.5 Å². The minimum absolute atomic E-state index is 0.0444. The Morgan fingerprint density at radius 3 is 2.52 bits per heavy atom. The third kappa shape index (κ3) is 3.70. The Bertz CT molecular complexity index is 1320. The topological polar surface area (TPSA) is 105 Å². The van der Waals surface area contributed by atoms with Gasteiger partial charge in [-0.2, -0.15) is 0 Å². The van der Waals surface area contributed by atoms with Crippen LogP contribution in [0, 0.1) is 0 Å². The molecule has 31 heavy (non-hydrogen) atoms. The number of methoxy groups -OCH3 is 1. The molecule has 0 saturated carbocycles. The summed E-state index contributed by atoms with van der Waals surface area (Å²) in [4.78, 5) is 8.90. The van der Waals surface area contributed by atoms with Gasteiger partial charge in [0, 0.05) is 24.8 Å². The van der Waals surface area contributed by atoms with Crippen LogP contribution in [0.2, 0.25) is 0 Å². The lowest BCUT2D eigenvalue weighted by Gasteiger charge is -2.13. The highest BCUT2D eigenvalue weighted by molar-refractivity contribution is 7.90. The Morgan fingerprint density at radius 1 is 1.10 bits per heavy atom. The summed E-state index contributed by atoms with van der Waals surface area (Å²) in [5.41, 5.74) is 10.4. The predicted molar refractivity (Wildman–Crippen MR) is 122 cm³/mol. The SMILES string of the molecule is COCCn1cnc(-c2ccccc2)c1-c1ccc2nc(N)n(S(=O)(=O)C(C)C)c2c1. The molecule has 0 aliphatic heterocycles. The van der Waals surface area contributed by atoms with E-state index in [1.807, 2.05) is 47.0 Å². The molecule has 2 N–H and O–H groups in total. The van der Waals surface area contributed by atoms with Gasteiger partial charge in [-0.15, -0.1) is 0 Å². The Balaban J connectivity index is 1.96. The van der Waals surface area contributed by atoms with Gasteiger partial charge in [0.15, 0.2) is 0 Å². The van der Waals surface area contributed by atoms with Crippen molar-refractivity contribution in [1.82, 2.24) is 18.5 Å². The summed E-state index contributed by atoms with van der Waals surface area (Å²) in [5, 5.41) is -0.636. The molecule has 4 rings (SSSR count). The van der Waals surface area contributed by atoms with Crippen molar-refractivity contribution in [3.05, 3.63) is 54.9 Å². The Labute approximate surface area is 181 Å². The monoisotopic (exact) mass is 439 g/mol. The number of aromatic nitrogens is 4. The van der Waals surface area contributed by atoms with Crippen molar-refractivity contribution in [2.45, 2.75) is 25.6 Å². The van der Waals surface area contributed by atoms with Gasteiger partial charge < -0.3 is 15.0 Å². The number of anilines is 1. The molecule has 0 unspecified atom stereocenters. The number of nitrogen functional groups attached to an aromatic ring is 1. The smallest absolute Gasteiger partial charge is 0.244 e. The van der Waals surface area contributed by atoms with E-state index in [-0.39, 0.29) is 5.95 Å². The summed E-state index contributed by atoms with van der Waals surface area (Å²) in [7, 11) is -2.02. The predicted octanol–water partition coefficient (Wildman–Crippen LogP) is 3.38. The van der Waals surface area contributed by atoms with Crippen molar-refractivity contribution < 1.29 is 13.2 Å². The average molecular weight is 440 g/mol. The van der Waals surface area contributed by atoms with Crippen molar-refractivity contribution in [1.29, 1.82) is 0 Å². The minimum atomic E-state index is -3.68. The largest absolute Gasteiger partial charge is 0.383 e. The summed E-state index contributed by atoms with van der Waals surface area (Å²) in [6.45, 7) is 4.37. The number of nitrogens with zero attached hydrogens (tertiary/aromatic N) is 4. The second kappa shape index (κ2) is 8.16. The zero-order valence-corrected chi connectivity index (χ0v) is 18.5. The number of fused-ring (bicyclic) bond motifs is 1. The summed E-state index contributed by atoms with van der Waals surface area (Å²) >= 11 is 0. The number of hydrogen-bond donors (Lipinski definition) is 1. The minimum Gasteiger partial charge on any atom is -0.383 e. The van der Waals surface area contributed by atoms with Crippen molar-refractivity contribution in [2.24, 2.45) is 0 Å². The Morgan fingerprint density at radius 2 is 1.84 bits per heavy atom. The zero-order valence-electron chi connectivity index (χ0n) is 17.7. The average Bonchev–Trinajstić information content (AvgIpc) is 3.32. The molecule has 0 bridgehead atoms. The van der Waals surface area contributed by atoms with Gasteiger partial charge >= 0.3 is 0 Å². The maximum absolute atomic E-state index is 12.9. The van der Waals surface area contributed by atoms with Crippen LogP contribution in [-0.2, 0) is 21.3 Å². The normalized spacial score (nSPS) is 12.1. The van der Waals surface area contributed by atoms with Gasteiger partial charge in [-0.1, -0.05) is 36.4 Å². The van der Waals surface area contributed by atoms with E-state index in [9.17, 15) is 8.42 Å². The second-order valence-corrected chi connectivity index (χ2v) is 9.86. The van der Waals surface area contributed by atoms with E-state index in [0.29, 0.717) is 24.2 Å². The Hall–Kier alpha value is -3.17. The van der Waals surface area contributed by atoms with Gasteiger partial charge in [-0.25, -0.2) is 22.4 Å². The van der Waals surface area contributed by atoms with Crippen LogP contribution in [0.25, 0.3) is 33.5 Å². The molecule has 0 fully saturated rings. The van der Waals surface area contributed by atoms with Crippen molar-refractivity contribution in [2.75, 3.05) is 19.5 Å². The standard InChI is InChI=1S/C22H25N5O3S/c1-15(2)31(28,29)27-19-13-17(9-10-18(19)25-22(27)23)21-20(16-7-5-4-6-8-16)24-14-26(21)11-12-30-3/h4-10,13-15H,11-12H2,1-3H3,(H2,23,25). The van der Waals surface area contributed by atoms with Crippen LogP contribution in [0.3, 0.4) is 0 Å². The number of imidazole rings is 2. The molecule has 9 heteroatoms. The molecule has 0 saturated heterocycles. The quantitative estimate of drug-likeness (QED) is 0.473. The van der Waals surface area contributed by atoms with Crippen LogP contribution in [-0.4, -0.2) is 45.9 Å². The highest BCUT2D eigenvalue weighted by atomic mass is 32.2. The van der Waals surface area contributed by atoms with E-state index in [2.05, 4.69) is 9.97 Å². The van der Waals surface area contributed by atoms with Gasteiger partial charge in [0.25, 0.3) is 0 Å². The molecular formula is C22H25N5O3S. The molecule has 8 nitrogen and oxygen atoms in total. The third-order valence-electron chi connectivity index (χ3n) is 5.18. The summed E-state index contributed by atoms with van der Waals surface area (Å²) in [5.74, 6) is -0.0444. The zero-order chi connectivity index (χ0) is 22.2. The lowest BCUT2D eigenvalue weighted by atomic mass is 10.0. The molecule has 4 aromatic rings. The first-order chi connectivity index (χ1) is 14.8. The molecule has 0 spiro atoms. The van der Waals surface area contributed by atoms with Gasteiger partial charge in [0.05, 0.1) is 40.6 Å². The lowest BCUT2D eigenvalue weighted by molar-refractivity contribution is 0.187. The lowest BCUT2D eigenvalue weighted by Crippen LogP contribution is -2.23. The number of ether oxygens (including phenoxy) is 1. The van der Waals surface area contributed by atoms with Crippen molar-refractivity contribution in [3.8, 4) is 22.5 Å². The maximum atomic E-state index is 12.9. The van der Waals surface area contributed by atoms with E-state index < -0.39 is 15.3 Å². The Kier molecular flexibility index (Phi) is 5.55. The van der Waals surface area contributed by atoms with Crippen molar-refractivity contribution >= 4 is 27.0 Å². The van der Waals surface area contributed by atoms with Crippen LogP contribution < -0.4 is 5.73 Å². The molecule has 0 atom stereocenters. The highest BCUT2D eigenvalue weighted by Gasteiger charge is 2.25. The summed E-state index contributed by atoms with van der Waals surface area (Å²) in [6, 6.07) is 15.4. The van der Waals surface area contributed by atoms with Crippen LogP contribution >= 0.6 is 0 Å². The second-order valence-electron chi connectivity index (χ2n) is 7.53. The third-order valence-corrected chi connectivity index (χ3v) is 7.27. The fourth-order valence-corrected chi connectivity index (χ4v) is 4.69. The number of hydrogen-bond acceptors (Lipinski definition) is 6. The first kappa shape index (κ1) is 21.1. The molecule has 2 aromatic heterocycles. The number of rotatable bonds is 7. The van der Waals surface area contributed by atoms with E-state index in [1.54, 1.807) is 33.4 Å². The first-order valence-electron chi connectivity index (χ1n) is 9.96.